The molecule has 0 saturated heterocycles. The van der Waals surface area contributed by atoms with E-state index in [-0.39, 0.29) is 12.1 Å². The standard InChI is InChI=1S/C16H21BrO2.C5H10.C3H8.2C2H6/c1-12-3-2-4-15(9-12)19-16(18)10-13-5-7-14(11-17)8-6-13;1-2-4-5-3-1;1-3-2;2*1-2/h5-8,12,15H,2-4,9-11H2,1H3;1-5H2;3H2,1-2H3;2*1-2H3/t12?,15-;;;;/m0..../s1. The van der Waals surface area contributed by atoms with Crippen molar-refractivity contribution in [2.75, 3.05) is 0 Å². The van der Waals surface area contributed by atoms with Gasteiger partial charge in [-0.05, 0) is 36.3 Å². The molecular formula is C28H51BrO2. The lowest BCUT2D eigenvalue weighted by molar-refractivity contribution is -0.150. The van der Waals surface area contributed by atoms with Crippen LogP contribution in [0.3, 0.4) is 0 Å². The van der Waals surface area contributed by atoms with Crippen LogP contribution in [0.25, 0.3) is 0 Å². The fourth-order valence-corrected chi connectivity index (χ4v) is 3.88. The van der Waals surface area contributed by atoms with Gasteiger partial charge >= 0.3 is 5.97 Å². The lowest BCUT2D eigenvalue weighted by atomic mass is 9.89. The van der Waals surface area contributed by atoms with Gasteiger partial charge in [0.1, 0.15) is 6.10 Å². The second-order valence-electron chi connectivity index (χ2n) is 7.99. The van der Waals surface area contributed by atoms with Crippen LogP contribution >= 0.6 is 15.9 Å². The molecule has 2 saturated carbocycles. The molecule has 0 spiro atoms. The predicted molar refractivity (Wildman–Crippen MR) is 142 cm³/mol. The quantitative estimate of drug-likeness (QED) is 0.304. The van der Waals surface area contributed by atoms with Gasteiger partial charge in [0.05, 0.1) is 6.42 Å². The number of hydrogen-bond acceptors (Lipinski definition) is 2. The van der Waals surface area contributed by atoms with Gasteiger partial charge in [-0.3, -0.25) is 4.79 Å². The van der Waals surface area contributed by atoms with Gasteiger partial charge in [-0.25, -0.2) is 0 Å². The van der Waals surface area contributed by atoms with Gasteiger partial charge in [0, 0.05) is 5.33 Å². The predicted octanol–water partition coefficient (Wildman–Crippen LogP) is 9.67. The molecule has 1 unspecified atom stereocenters. The van der Waals surface area contributed by atoms with Crippen LogP contribution in [0.15, 0.2) is 24.3 Å². The first-order valence-electron chi connectivity index (χ1n) is 12.9. The average molecular weight is 500 g/mol. The zero-order valence-corrected chi connectivity index (χ0v) is 23.2. The highest BCUT2D eigenvalue weighted by molar-refractivity contribution is 9.08. The summed E-state index contributed by atoms with van der Waals surface area (Å²) in [6.07, 6.45) is 13.8. The number of carbonyl (C=O) groups is 1. The molecule has 2 nitrogen and oxygen atoms in total. The molecular weight excluding hydrogens is 448 g/mol. The molecule has 3 heteroatoms. The molecule has 31 heavy (non-hydrogen) atoms. The SMILES string of the molecule is C1CCCC1.CC.CC.CC1CCC[C@H](OC(=O)Cc2ccc(CBr)cc2)C1.CCC. The maximum atomic E-state index is 11.9. The van der Waals surface area contributed by atoms with Crippen LogP contribution in [-0.4, -0.2) is 12.1 Å². The summed E-state index contributed by atoms with van der Waals surface area (Å²) in [6, 6.07) is 8.09. The number of carbonyl (C=O) groups excluding carboxylic acids is 1. The van der Waals surface area contributed by atoms with Crippen molar-refractivity contribution in [2.45, 2.75) is 131 Å². The van der Waals surface area contributed by atoms with Gasteiger partial charge in [0.2, 0.25) is 0 Å². The number of hydrogen-bond donors (Lipinski definition) is 0. The van der Waals surface area contributed by atoms with E-state index < -0.39 is 0 Å². The number of alkyl halides is 1. The Bertz CT molecular complexity index is 487. The Morgan fingerprint density at radius 1 is 0.871 bits per heavy atom. The topological polar surface area (TPSA) is 26.3 Å². The van der Waals surface area contributed by atoms with Crippen LogP contribution in [-0.2, 0) is 21.3 Å². The van der Waals surface area contributed by atoms with E-state index in [1.807, 2.05) is 52.0 Å². The van der Waals surface area contributed by atoms with Crippen LogP contribution in [0.1, 0.15) is 124 Å². The molecule has 2 aliphatic carbocycles. The molecule has 1 aromatic carbocycles. The number of benzene rings is 1. The number of halogens is 1. The smallest absolute Gasteiger partial charge is 0.310 e. The third-order valence-corrected chi connectivity index (χ3v) is 5.61. The first kappa shape index (κ1) is 32.4. The normalized spacial score (nSPS) is 19.0. The van der Waals surface area contributed by atoms with Crippen LogP contribution in [0.2, 0.25) is 0 Å². The van der Waals surface area contributed by atoms with Crippen molar-refractivity contribution < 1.29 is 9.53 Å². The molecule has 1 aromatic rings. The van der Waals surface area contributed by atoms with Crippen molar-refractivity contribution in [1.29, 1.82) is 0 Å². The fraction of sp³-hybridized carbons (Fsp3) is 0.750. The molecule has 2 fully saturated rings. The van der Waals surface area contributed by atoms with E-state index >= 15 is 0 Å². The maximum Gasteiger partial charge on any atom is 0.310 e. The Morgan fingerprint density at radius 3 is 1.74 bits per heavy atom. The molecule has 0 bridgehead atoms. The summed E-state index contributed by atoms with van der Waals surface area (Å²) >= 11 is 3.41. The summed E-state index contributed by atoms with van der Waals surface area (Å²) in [5, 5.41) is 0.845. The van der Waals surface area contributed by atoms with Gasteiger partial charge in [-0.1, -0.05) is 134 Å². The molecule has 0 aromatic heterocycles. The lowest BCUT2D eigenvalue weighted by Gasteiger charge is -2.26. The van der Waals surface area contributed by atoms with Gasteiger partial charge in [0.25, 0.3) is 0 Å². The highest BCUT2D eigenvalue weighted by Crippen LogP contribution is 2.26. The minimum atomic E-state index is -0.0920. The summed E-state index contributed by atoms with van der Waals surface area (Å²) in [4.78, 5) is 11.9. The number of rotatable bonds is 4. The summed E-state index contributed by atoms with van der Waals surface area (Å²) < 4.78 is 5.57. The molecule has 0 N–H and O–H groups in total. The van der Waals surface area contributed by atoms with E-state index in [2.05, 4.69) is 36.7 Å². The van der Waals surface area contributed by atoms with Crippen molar-refractivity contribution in [3.05, 3.63) is 35.4 Å². The van der Waals surface area contributed by atoms with Crippen molar-refractivity contribution in [1.82, 2.24) is 0 Å². The van der Waals surface area contributed by atoms with E-state index in [1.165, 1.54) is 56.9 Å². The van der Waals surface area contributed by atoms with E-state index in [1.54, 1.807) is 0 Å². The third kappa shape index (κ3) is 18.4. The highest BCUT2D eigenvalue weighted by Gasteiger charge is 2.22. The Balaban J connectivity index is 0. The maximum absolute atomic E-state index is 11.9. The molecule has 0 radical (unpaired) electrons. The summed E-state index contributed by atoms with van der Waals surface area (Å²) in [5.41, 5.74) is 2.25. The van der Waals surface area contributed by atoms with E-state index in [9.17, 15) is 4.79 Å². The van der Waals surface area contributed by atoms with E-state index in [4.69, 9.17) is 4.74 Å². The van der Waals surface area contributed by atoms with Crippen molar-refractivity contribution in [3.8, 4) is 0 Å². The van der Waals surface area contributed by atoms with Gasteiger partial charge in [0.15, 0.2) is 0 Å². The molecule has 3 rings (SSSR count). The van der Waals surface area contributed by atoms with Crippen LogP contribution < -0.4 is 0 Å². The highest BCUT2D eigenvalue weighted by atomic mass is 79.9. The summed E-state index contributed by atoms with van der Waals surface area (Å²) in [6.45, 7) is 14.5. The minimum Gasteiger partial charge on any atom is -0.462 e. The zero-order chi connectivity index (χ0) is 23.9. The van der Waals surface area contributed by atoms with Crippen LogP contribution in [0.5, 0.6) is 0 Å². The Kier molecular flexibility index (Phi) is 24.9. The van der Waals surface area contributed by atoms with Crippen molar-refractivity contribution in [3.63, 3.8) is 0 Å². The van der Waals surface area contributed by atoms with Crippen LogP contribution in [0, 0.1) is 5.92 Å². The van der Waals surface area contributed by atoms with Gasteiger partial charge in [-0.2, -0.15) is 0 Å². The number of ether oxygens (including phenoxy) is 1. The van der Waals surface area contributed by atoms with Crippen molar-refractivity contribution >= 4 is 21.9 Å². The average Bonchev–Trinajstić information content (AvgIpc) is 3.38. The van der Waals surface area contributed by atoms with E-state index in [0.717, 1.165) is 23.7 Å². The lowest BCUT2D eigenvalue weighted by Crippen LogP contribution is -2.25. The second-order valence-corrected chi connectivity index (χ2v) is 8.55. The summed E-state index contributed by atoms with van der Waals surface area (Å²) in [5.74, 6) is 0.593. The minimum absolute atomic E-state index is 0.0920. The molecule has 2 aliphatic rings. The largest absolute Gasteiger partial charge is 0.462 e. The Morgan fingerprint density at radius 2 is 1.32 bits per heavy atom. The monoisotopic (exact) mass is 498 g/mol. The Labute approximate surface area is 203 Å². The number of esters is 1. The first-order chi connectivity index (χ1) is 15.1. The van der Waals surface area contributed by atoms with Crippen molar-refractivity contribution in [2.24, 2.45) is 5.92 Å². The molecule has 0 heterocycles. The fourth-order valence-electron chi connectivity index (χ4n) is 3.51. The zero-order valence-electron chi connectivity index (χ0n) is 21.6. The van der Waals surface area contributed by atoms with Crippen LogP contribution in [0.4, 0.5) is 0 Å². The summed E-state index contributed by atoms with van der Waals surface area (Å²) in [7, 11) is 0. The first-order valence-corrected chi connectivity index (χ1v) is 14.0. The molecule has 0 aliphatic heterocycles. The van der Waals surface area contributed by atoms with Gasteiger partial charge in [-0.15, -0.1) is 0 Å². The van der Waals surface area contributed by atoms with Gasteiger partial charge < -0.3 is 4.74 Å². The van der Waals surface area contributed by atoms with E-state index in [0.29, 0.717) is 12.3 Å². The second kappa shape index (κ2) is 23.8. The molecule has 182 valence electrons. The Hall–Kier alpha value is -0.830. The third-order valence-electron chi connectivity index (χ3n) is 4.96. The molecule has 2 atom stereocenters. The molecule has 0 amide bonds.